The van der Waals surface area contributed by atoms with E-state index >= 15 is 0 Å². The summed E-state index contributed by atoms with van der Waals surface area (Å²) in [7, 11) is -8.93. The van der Waals surface area contributed by atoms with Gasteiger partial charge in [-0.2, -0.15) is 4.31 Å². The van der Waals surface area contributed by atoms with Gasteiger partial charge in [0.25, 0.3) is 0 Å². The summed E-state index contributed by atoms with van der Waals surface area (Å²) in [4.78, 5) is 16.8. The molecule has 0 bridgehead atoms. The number of hydrogen-bond acceptors (Lipinski definition) is 5. The summed E-state index contributed by atoms with van der Waals surface area (Å²) >= 11 is 0. The highest BCUT2D eigenvalue weighted by atomic mass is 31.3. The molecule has 1 aliphatic heterocycles. The topological polar surface area (TPSA) is 102 Å². The maximum Gasteiger partial charge on any atom is 0.483 e. The third-order valence-corrected chi connectivity index (χ3v) is 3.97. The molecule has 1 saturated heterocycles. The molecule has 0 atom stereocenters. The van der Waals surface area contributed by atoms with E-state index in [-0.39, 0.29) is 18.6 Å². The molecule has 1 rings (SSSR count). The third-order valence-electron chi connectivity index (χ3n) is 1.43. The van der Waals surface area contributed by atoms with Crippen LogP contribution in [0, 0.1) is 5.41 Å². The van der Waals surface area contributed by atoms with Crippen molar-refractivity contribution in [3.8, 4) is 0 Å². The Hall–Kier alpha value is 0.260. The Bertz CT molecular complexity index is 291. The fraction of sp³-hybridized carbons (Fsp3) is 1.00. The van der Waals surface area contributed by atoms with Crippen LogP contribution >= 0.6 is 15.6 Å². The van der Waals surface area contributed by atoms with Crippen LogP contribution in [0.15, 0.2) is 0 Å². The highest BCUT2D eigenvalue weighted by molar-refractivity contribution is 7.61. The highest BCUT2D eigenvalue weighted by Gasteiger charge is 2.42. The van der Waals surface area contributed by atoms with E-state index in [2.05, 4.69) is 13.4 Å². The monoisotopic (exact) mass is 246 g/mol. The molecule has 1 heterocycles. The van der Waals surface area contributed by atoms with Gasteiger partial charge in [0.1, 0.15) is 0 Å². The lowest BCUT2D eigenvalue weighted by Crippen LogP contribution is -2.29. The van der Waals surface area contributed by atoms with Gasteiger partial charge in [-0.25, -0.2) is 9.13 Å². The fourth-order valence-electron chi connectivity index (χ4n) is 0.764. The van der Waals surface area contributed by atoms with E-state index in [1.807, 2.05) is 0 Å². The average Bonchev–Trinajstić information content (AvgIpc) is 1.93. The first-order valence-corrected chi connectivity index (χ1v) is 6.77. The van der Waals surface area contributed by atoms with Crippen molar-refractivity contribution in [1.29, 1.82) is 0 Å². The fourth-order valence-corrected chi connectivity index (χ4v) is 3.27. The first-order chi connectivity index (χ1) is 6.12. The first kappa shape index (κ1) is 12.3. The second kappa shape index (κ2) is 3.68. The van der Waals surface area contributed by atoms with Crippen LogP contribution in [0.2, 0.25) is 0 Å². The summed E-state index contributed by atoms with van der Waals surface area (Å²) in [6.07, 6.45) is 0. The van der Waals surface area contributed by atoms with Crippen LogP contribution in [0.1, 0.15) is 13.8 Å². The van der Waals surface area contributed by atoms with Gasteiger partial charge in [-0.3, -0.25) is 9.05 Å². The normalized spacial score (nSPS) is 26.0. The molecule has 0 radical (unpaired) electrons. The van der Waals surface area contributed by atoms with Crippen molar-refractivity contribution < 1.29 is 32.3 Å². The van der Waals surface area contributed by atoms with Crippen LogP contribution in [0.25, 0.3) is 0 Å². The van der Waals surface area contributed by atoms with Crippen LogP contribution in [0.3, 0.4) is 0 Å². The van der Waals surface area contributed by atoms with Crippen molar-refractivity contribution in [3.05, 3.63) is 0 Å². The van der Waals surface area contributed by atoms with Gasteiger partial charge in [-0.1, -0.05) is 13.8 Å². The first-order valence-electron chi connectivity index (χ1n) is 3.78. The number of rotatable bonds is 2. The molecule has 0 saturated carbocycles. The van der Waals surface area contributed by atoms with Crippen molar-refractivity contribution >= 4 is 15.6 Å². The number of phosphoric ester groups is 1. The van der Waals surface area contributed by atoms with E-state index in [1.54, 1.807) is 13.8 Å². The van der Waals surface area contributed by atoms with Crippen molar-refractivity contribution in [2.75, 3.05) is 13.2 Å². The van der Waals surface area contributed by atoms with Gasteiger partial charge < -0.3 is 9.79 Å². The molecule has 0 spiro atoms. The minimum absolute atomic E-state index is 0.0598. The SMILES string of the molecule is CC1(C)COP(=O)(OP(=O)(O)O)OC1. The minimum atomic E-state index is -4.85. The lowest BCUT2D eigenvalue weighted by atomic mass is 9.97. The predicted octanol–water partition coefficient (Wildman–Crippen LogP) is 1.28. The molecule has 0 aromatic heterocycles. The van der Waals surface area contributed by atoms with Gasteiger partial charge in [-0.05, 0) is 0 Å². The number of phosphoric acid groups is 2. The lowest BCUT2D eigenvalue weighted by molar-refractivity contribution is 0.0145. The van der Waals surface area contributed by atoms with Gasteiger partial charge in [0.05, 0.1) is 13.2 Å². The molecule has 7 nitrogen and oxygen atoms in total. The summed E-state index contributed by atoms with van der Waals surface area (Å²) in [6.45, 7) is 3.72. The third kappa shape index (κ3) is 3.79. The van der Waals surface area contributed by atoms with E-state index in [0.29, 0.717) is 0 Å². The molecule has 84 valence electrons. The smallest absolute Gasteiger partial charge is 0.302 e. The van der Waals surface area contributed by atoms with Crippen LogP contribution in [0.4, 0.5) is 0 Å². The molecule has 14 heavy (non-hydrogen) atoms. The Morgan fingerprint density at radius 2 is 1.79 bits per heavy atom. The van der Waals surface area contributed by atoms with E-state index in [9.17, 15) is 9.13 Å². The molecule has 0 aliphatic carbocycles. The van der Waals surface area contributed by atoms with Crippen LogP contribution in [-0.2, 0) is 22.5 Å². The van der Waals surface area contributed by atoms with Gasteiger partial charge in [0.2, 0.25) is 0 Å². The Balaban J connectivity index is 2.64. The summed E-state index contributed by atoms with van der Waals surface area (Å²) in [5, 5.41) is 0. The maximum atomic E-state index is 11.4. The number of hydrogen-bond donors (Lipinski definition) is 2. The molecule has 1 fully saturated rings. The van der Waals surface area contributed by atoms with E-state index in [0.717, 1.165) is 0 Å². The van der Waals surface area contributed by atoms with E-state index < -0.39 is 15.6 Å². The molecule has 9 heteroatoms. The highest BCUT2D eigenvalue weighted by Crippen LogP contribution is 2.63. The molecule has 0 aromatic carbocycles. The lowest BCUT2D eigenvalue weighted by Gasteiger charge is -2.32. The summed E-state index contributed by atoms with van der Waals surface area (Å²) in [5.41, 5.74) is -0.341. The quantitative estimate of drug-likeness (QED) is 0.707. The van der Waals surface area contributed by atoms with Crippen LogP contribution in [0.5, 0.6) is 0 Å². The second-order valence-electron chi connectivity index (χ2n) is 3.73. The molecular formula is C5H12O7P2. The largest absolute Gasteiger partial charge is 0.483 e. The van der Waals surface area contributed by atoms with Crippen LogP contribution in [-0.4, -0.2) is 23.0 Å². The average molecular weight is 246 g/mol. The standard InChI is InChI=1S/C5H12O7P2/c1-5(2)3-10-14(9,11-4-5)12-13(6,7)8/h3-4H2,1-2H3,(H2,6,7,8). The van der Waals surface area contributed by atoms with Crippen molar-refractivity contribution in [1.82, 2.24) is 0 Å². The van der Waals surface area contributed by atoms with Gasteiger partial charge in [0, 0.05) is 5.41 Å². The van der Waals surface area contributed by atoms with Crippen molar-refractivity contribution in [3.63, 3.8) is 0 Å². The van der Waals surface area contributed by atoms with Gasteiger partial charge in [-0.15, -0.1) is 0 Å². The minimum Gasteiger partial charge on any atom is -0.302 e. The summed E-state index contributed by atoms with van der Waals surface area (Å²) in [5.74, 6) is 0. The van der Waals surface area contributed by atoms with E-state index in [4.69, 9.17) is 9.79 Å². The molecular weight excluding hydrogens is 234 g/mol. The van der Waals surface area contributed by atoms with Crippen molar-refractivity contribution in [2.45, 2.75) is 13.8 Å². The van der Waals surface area contributed by atoms with Crippen molar-refractivity contribution in [2.24, 2.45) is 5.41 Å². The molecule has 2 N–H and O–H groups in total. The van der Waals surface area contributed by atoms with Gasteiger partial charge in [0.15, 0.2) is 0 Å². The zero-order valence-corrected chi connectivity index (χ0v) is 9.53. The van der Waals surface area contributed by atoms with Gasteiger partial charge >= 0.3 is 15.6 Å². The predicted molar refractivity (Wildman–Crippen MR) is 46.4 cm³/mol. The molecule has 0 unspecified atom stereocenters. The summed E-state index contributed by atoms with van der Waals surface area (Å²) < 4.78 is 35.1. The molecule has 1 aliphatic rings. The zero-order chi connectivity index (χ0) is 11.0. The van der Waals surface area contributed by atoms with E-state index in [1.165, 1.54) is 0 Å². The Kier molecular flexibility index (Phi) is 3.24. The molecule has 0 amide bonds. The Morgan fingerprint density at radius 1 is 1.36 bits per heavy atom. The Labute approximate surface area is 81.2 Å². The summed E-state index contributed by atoms with van der Waals surface area (Å²) in [6, 6.07) is 0. The molecule has 0 aromatic rings. The van der Waals surface area contributed by atoms with Crippen LogP contribution < -0.4 is 0 Å². The zero-order valence-electron chi connectivity index (χ0n) is 7.74. The second-order valence-corrected chi connectivity index (χ2v) is 6.78. The Morgan fingerprint density at radius 3 is 2.14 bits per heavy atom. The maximum absolute atomic E-state index is 11.4.